The van der Waals surface area contributed by atoms with Crippen molar-refractivity contribution < 1.29 is 9.90 Å². The molecule has 102 valence electrons. The maximum Gasteiger partial charge on any atom is 0.328 e. The third-order valence-corrected chi connectivity index (χ3v) is 4.70. The van der Waals surface area contributed by atoms with Gasteiger partial charge < -0.3 is 5.11 Å². The van der Waals surface area contributed by atoms with Gasteiger partial charge in [0.05, 0.1) is 0 Å². The van der Waals surface area contributed by atoms with Crippen LogP contribution in [-0.2, 0) is 16.8 Å². The number of aliphatic carboxylic acids is 1. The van der Waals surface area contributed by atoms with E-state index in [0.29, 0.717) is 0 Å². The molecule has 19 heavy (non-hydrogen) atoms. The molecule has 1 aliphatic carbocycles. The van der Waals surface area contributed by atoms with Crippen LogP contribution in [0.2, 0.25) is 0 Å². The number of benzene rings is 1. The van der Waals surface area contributed by atoms with Crippen molar-refractivity contribution in [2.24, 2.45) is 0 Å². The molecule has 1 unspecified atom stereocenters. The lowest BCUT2D eigenvalue weighted by Gasteiger charge is -2.39. The van der Waals surface area contributed by atoms with Crippen LogP contribution in [0.4, 0.5) is 0 Å². The summed E-state index contributed by atoms with van der Waals surface area (Å²) in [6.07, 6.45) is 6.10. The maximum atomic E-state index is 12.1. The van der Waals surface area contributed by atoms with Gasteiger partial charge in [0, 0.05) is 0 Å². The standard InChI is InChI=1S/C16H21NO2/c18-15(19)16(17-11-5-6-12-17)10-4-3-8-13-7-1-2-9-14(13)16/h1-2,7,9H,3-6,8,10-12H2,(H,18,19). The first-order valence-corrected chi connectivity index (χ1v) is 7.32. The number of hydrogen-bond acceptors (Lipinski definition) is 2. The van der Waals surface area contributed by atoms with Crippen molar-refractivity contribution in [2.45, 2.75) is 44.1 Å². The molecule has 0 amide bonds. The molecule has 0 radical (unpaired) electrons. The van der Waals surface area contributed by atoms with E-state index in [9.17, 15) is 9.90 Å². The van der Waals surface area contributed by atoms with Gasteiger partial charge in [0.1, 0.15) is 5.54 Å². The van der Waals surface area contributed by atoms with Gasteiger partial charge in [-0.25, -0.2) is 4.79 Å². The summed E-state index contributed by atoms with van der Waals surface area (Å²) in [5, 5.41) is 9.98. The molecule has 1 saturated heterocycles. The molecule has 1 aromatic carbocycles. The Labute approximate surface area is 114 Å². The molecule has 1 aromatic rings. The number of carboxylic acids is 1. The first-order chi connectivity index (χ1) is 9.25. The Bertz CT molecular complexity index is 479. The fourth-order valence-corrected chi connectivity index (χ4v) is 3.76. The summed E-state index contributed by atoms with van der Waals surface area (Å²) in [7, 11) is 0. The summed E-state index contributed by atoms with van der Waals surface area (Å²) >= 11 is 0. The minimum atomic E-state index is -0.774. The molecule has 0 aromatic heterocycles. The Morgan fingerprint density at radius 1 is 1.11 bits per heavy atom. The van der Waals surface area contributed by atoms with Gasteiger partial charge in [0.2, 0.25) is 0 Å². The second kappa shape index (κ2) is 4.97. The summed E-state index contributed by atoms with van der Waals surface area (Å²) in [5.74, 6) is -0.663. The van der Waals surface area contributed by atoms with Crippen LogP contribution >= 0.6 is 0 Å². The van der Waals surface area contributed by atoms with E-state index in [-0.39, 0.29) is 0 Å². The smallest absolute Gasteiger partial charge is 0.328 e. The number of hydrogen-bond donors (Lipinski definition) is 1. The molecule has 3 nitrogen and oxygen atoms in total. The predicted octanol–water partition coefficient (Wildman–Crippen LogP) is 2.79. The Hall–Kier alpha value is -1.35. The van der Waals surface area contributed by atoms with E-state index in [1.165, 1.54) is 5.56 Å². The number of carbonyl (C=O) groups is 1. The van der Waals surface area contributed by atoms with E-state index in [4.69, 9.17) is 0 Å². The highest BCUT2D eigenvalue weighted by Crippen LogP contribution is 2.41. The Morgan fingerprint density at radius 2 is 1.84 bits per heavy atom. The normalized spacial score (nSPS) is 27.8. The van der Waals surface area contributed by atoms with Crippen LogP contribution in [0.15, 0.2) is 24.3 Å². The zero-order valence-electron chi connectivity index (χ0n) is 11.3. The summed E-state index contributed by atoms with van der Waals surface area (Å²) in [6, 6.07) is 8.15. The summed E-state index contributed by atoms with van der Waals surface area (Å²) in [4.78, 5) is 14.3. The van der Waals surface area contributed by atoms with Crippen molar-refractivity contribution in [3.8, 4) is 0 Å². The van der Waals surface area contributed by atoms with Crippen LogP contribution in [0.3, 0.4) is 0 Å². The number of rotatable bonds is 2. The number of carboxylic acid groups (broad SMARTS) is 1. The lowest BCUT2D eigenvalue weighted by Crippen LogP contribution is -2.51. The van der Waals surface area contributed by atoms with Crippen LogP contribution in [0.25, 0.3) is 0 Å². The maximum absolute atomic E-state index is 12.1. The average Bonchev–Trinajstić information content (AvgIpc) is 2.87. The van der Waals surface area contributed by atoms with Crippen molar-refractivity contribution in [1.29, 1.82) is 0 Å². The molecular formula is C16H21NO2. The number of aryl methyl sites for hydroxylation is 1. The van der Waals surface area contributed by atoms with Gasteiger partial charge in [-0.05, 0) is 56.3 Å². The van der Waals surface area contributed by atoms with Crippen LogP contribution in [0.5, 0.6) is 0 Å². The van der Waals surface area contributed by atoms with E-state index in [0.717, 1.165) is 57.2 Å². The lowest BCUT2D eigenvalue weighted by molar-refractivity contribution is -0.152. The Morgan fingerprint density at radius 3 is 2.58 bits per heavy atom. The first-order valence-electron chi connectivity index (χ1n) is 7.32. The number of likely N-dealkylation sites (tertiary alicyclic amines) is 1. The molecule has 0 spiro atoms. The van der Waals surface area contributed by atoms with Gasteiger partial charge in [-0.15, -0.1) is 0 Å². The Balaban J connectivity index is 2.14. The molecule has 2 aliphatic rings. The van der Waals surface area contributed by atoms with Gasteiger partial charge in [0.25, 0.3) is 0 Å². The first kappa shape index (κ1) is 12.7. The van der Waals surface area contributed by atoms with Crippen LogP contribution in [-0.4, -0.2) is 29.1 Å². The highest BCUT2D eigenvalue weighted by Gasteiger charge is 2.48. The highest BCUT2D eigenvalue weighted by atomic mass is 16.4. The molecule has 1 fully saturated rings. The van der Waals surface area contributed by atoms with Crippen LogP contribution in [0.1, 0.15) is 43.2 Å². The van der Waals surface area contributed by atoms with Crippen LogP contribution in [0, 0.1) is 0 Å². The second-order valence-electron chi connectivity index (χ2n) is 5.72. The van der Waals surface area contributed by atoms with E-state index in [1.807, 2.05) is 18.2 Å². The van der Waals surface area contributed by atoms with Gasteiger partial charge in [-0.1, -0.05) is 30.7 Å². The highest BCUT2D eigenvalue weighted by molar-refractivity contribution is 5.81. The van der Waals surface area contributed by atoms with Crippen molar-refractivity contribution in [3.63, 3.8) is 0 Å². The summed E-state index contributed by atoms with van der Waals surface area (Å²) in [6.45, 7) is 1.83. The van der Waals surface area contributed by atoms with Crippen molar-refractivity contribution in [2.75, 3.05) is 13.1 Å². The molecular weight excluding hydrogens is 238 g/mol. The fraction of sp³-hybridized carbons (Fsp3) is 0.562. The van der Waals surface area contributed by atoms with Crippen LogP contribution < -0.4 is 0 Å². The molecule has 3 rings (SSSR count). The quantitative estimate of drug-likeness (QED) is 0.830. The second-order valence-corrected chi connectivity index (χ2v) is 5.72. The molecule has 3 heteroatoms. The van der Waals surface area contributed by atoms with E-state index in [1.54, 1.807) is 0 Å². The molecule has 1 atom stereocenters. The number of nitrogens with zero attached hydrogens (tertiary/aromatic N) is 1. The third-order valence-electron chi connectivity index (χ3n) is 4.70. The molecule has 1 heterocycles. The van der Waals surface area contributed by atoms with E-state index in [2.05, 4.69) is 11.0 Å². The number of fused-ring (bicyclic) bond motifs is 1. The fourth-order valence-electron chi connectivity index (χ4n) is 3.76. The van der Waals surface area contributed by atoms with Gasteiger partial charge >= 0.3 is 5.97 Å². The summed E-state index contributed by atoms with van der Waals surface area (Å²) in [5.41, 5.74) is 1.50. The molecule has 0 bridgehead atoms. The zero-order chi connectivity index (χ0) is 13.3. The van der Waals surface area contributed by atoms with Crippen molar-refractivity contribution >= 4 is 5.97 Å². The predicted molar refractivity (Wildman–Crippen MR) is 74.1 cm³/mol. The zero-order valence-corrected chi connectivity index (χ0v) is 11.3. The van der Waals surface area contributed by atoms with Gasteiger partial charge in [0.15, 0.2) is 0 Å². The third kappa shape index (κ3) is 1.96. The Kier molecular flexibility index (Phi) is 3.31. The average molecular weight is 259 g/mol. The van der Waals surface area contributed by atoms with Gasteiger partial charge in [-0.3, -0.25) is 4.90 Å². The minimum Gasteiger partial charge on any atom is -0.480 e. The molecule has 1 aliphatic heterocycles. The molecule has 0 saturated carbocycles. The monoisotopic (exact) mass is 259 g/mol. The molecule has 1 N–H and O–H groups in total. The van der Waals surface area contributed by atoms with Crippen molar-refractivity contribution in [3.05, 3.63) is 35.4 Å². The van der Waals surface area contributed by atoms with E-state index >= 15 is 0 Å². The van der Waals surface area contributed by atoms with E-state index < -0.39 is 11.5 Å². The topological polar surface area (TPSA) is 40.5 Å². The largest absolute Gasteiger partial charge is 0.480 e. The summed E-state index contributed by atoms with van der Waals surface area (Å²) < 4.78 is 0. The minimum absolute atomic E-state index is 0.663. The van der Waals surface area contributed by atoms with Gasteiger partial charge in [-0.2, -0.15) is 0 Å². The van der Waals surface area contributed by atoms with Crippen molar-refractivity contribution in [1.82, 2.24) is 4.90 Å². The SMILES string of the molecule is O=C(O)C1(N2CCCC2)CCCCc2ccccc21. The lowest BCUT2D eigenvalue weighted by atomic mass is 9.83.